The van der Waals surface area contributed by atoms with Crippen LogP contribution in [0.1, 0.15) is 19.8 Å². The lowest BCUT2D eigenvalue weighted by molar-refractivity contribution is -0.117. The van der Waals surface area contributed by atoms with Crippen molar-refractivity contribution >= 4 is 28.9 Å². The molecule has 2 rings (SSSR count). The van der Waals surface area contributed by atoms with Crippen molar-refractivity contribution in [2.24, 2.45) is 5.92 Å². The number of nitrogens with two attached hydrogens (primary N) is 1. The van der Waals surface area contributed by atoms with Crippen LogP contribution >= 0.6 is 11.6 Å². The lowest BCUT2D eigenvalue weighted by atomic mass is 10.1. The van der Waals surface area contributed by atoms with Gasteiger partial charge >= 0.3 is 0 Å². The second-order valence-electron chi connectivity index (χ2n) is 5.09. The highest BCUT2D eigenvalue weighted by atomic mass is 35.5. The van der Waals surface area contributed by atoms with Crippen molar-refractivity contribution in [3.05, 3.63) is 23.2 Å². The van der Waals surface area contributed by atoms with Gasteiger partial charge in [-0.1, -0.05) is 24.9 Å². The molecule has 0 aliphatic carbocycles. The van der Waals surface area contributed by atoms with Gasteiger partial charge in [0.1, 0.15) is 0 Å². The second kappa shape index (κ2) is 6.26. The zero-order chi connectivity index (χ0) is 13.8. The van der Waals surface area contributed by atoms with Crippen LogP contribution in [0.25, 0.3) is 0 Å². The lowest BCUT2D eigenvalue weighted by Gasteiger charge is -2.15. The van der Waals surface area contributed by atoms with Gasteiger partial charge in [-0.2, -0.15) is 0 Å². The summed E-state index contributed by atoms with van der Waals surface area (Å²) in [6.45, 7) is 4.64. The number of carbonyl (C=O) groups excluding carboxylic acids is 1. The Kier molecular flexibility index (Phi) is 4.66. The average molecular weight is 282 g/mol. The summed E-state index contributed by atoms with van der Waals surface area (Å²) < 4.78 is 0. The number of nitrogens with one attached hydrogen (secondary N) is 1. The molecule has 1 fully saturated rings. The van der Waals surface area contributed by atoms with Gasteiger partial charge < -0.3 is 11.1 Å². The first-order chi connectivity index (χ1) is 9.08. The maximum absolute atomic E-state index is 12.0. The van der Waals surface area contributed by atoms with Gasteiger partial charge in [-0.25, -0.2) is 0 Å². The monoisotopic (exact) mass is 281 g/mol. The molecular weight excluding hydrogens is 262 g/mol. The van der Waals surface area contributed by atoms with Crippen LogP contribution in [0.15, 0.2) is 18.2 Å². The van der Waals surface area contributed by atoms with Gasteiger partial charge in [0, 0.05) is 12.2 Å². The zero-order valence-corrected chi connectivity index (χ0v) is 11.9. The number of rotatable bonds is 4. The zero-order valence-electron chi connectivity index (χ0n) is 11.2. The first-order valence-corrected chi connectivity index (χ1v) is 7.03. The molecular formula is C14H20ClN3O. The van der Waals surface area contributed by atoms with Crippen LogP contribution in [-0.4, -0.2) is 30.4 Å². The molecule has 0 aromatic heterocycles. The van der Waals surface area contributed by atoms with Crippen LogP contribution in [-0.2, 0) is 4.79 Å². The molecule has 0 bridgehead atoms. The van der Waals surface area contributed by atoms with E-state index in [2.05, 4.69) is 17.1 Å². The molecule has 1 saturated heterocycles. The summed E-state index contributed by atoms with van der Waals surface area (Å²) in [5.41, 5.74) is 6.82. The fourth-order valence-corrected chi connectivity index (χ4v) is 2.65. The van der Waals surface area contributed by atoms with Crippen molar-refractivity contribution in [1.29, 1.82) is 0 Å². The largest absolute Gasteiger partial charge is 0.399 e. The van der Waals surface area contributed by atoms with Crippen molar-refractivity contribution in [2.75, 3.05) is 30.7 Å². The molecule has 19 heavy (non-hydrogen) atoms. The average Bonchev–Trinajstić information content (AvgIpc) is 2.80. The van der Waals surface area contributed by atoms with E-state index in [9.17, 15) is 4.79 Å². The Balaban J connectivity index is 1.87. The number of benzene rings is 1. The molecule has 3 N–H and O–H groups in total. The van der Waals surface area contributed by atoms with Crippen LogP contribution in [0.3, 0.4) is 0 Å². The minimum Gasteiger partial charge on any atom is -0.399 e. The smallest absolute Gasteiger partial charge is 0.238 e. The highest BCUT2D eigenvalue weighted by Gasteiger charge is 2.22. The molecule has 1 amide bonds. The van der Waals surface area contributed by atoms with Crippen LogP contribution in [0.2, 0.25) is 5.02 Å². The molecule has 0 spiro atoms. The van der Waals surface area contributed by atoms with Crippen LogP contribution < -0.4 is 11.1 Å². The van der Waals surface area contributed by atoms with Gasteiger partial charge in [-0.15, -0.1) is 0 Å². The molecule has 1 aliphatic rings. The predicted octanol–water partition coefficient (Wildman–Crippen LogP) is 2.59. The maximum Gasteiger partial charge on any atom is 0.238 e. The van der Waals surface area contributed by atoms with E-state index in [1.807, 2.05) is 0 Å². The quantitative estimate of drug-likeness (QED) is 0.834. The third kappa shape index (κ3) is 3.85. The number of hydrogen-bond donors (Lipinski definition) is 2. The summed E-state index contributed by atoms with van der Waals surface area (Å²) in [5.74, 6) is 0.705. The number of nitrogens with zero attached hydrogens (tertiary/aromatic N) is 1. The van der Waals surface area contributed by atoms with E-state index >= 15 is 0 Å². The van der Waals surface area contributed by atoms with Crippen molar-refractivity contribution in [2.45, 2.75) is 19.8 Å². The number of anilines is 2. The van der Waals surface area contributed by atoms with Crippen LogP contribution in [0, 0.1) is 5.92 Å². The van der Waals surface area contributed by atoms with Gasteiger partial charge in [-0.3, -0.25) is 9.69 Å². The summed E-state index contributed by atoms with van der Waals surface area (Å²) >= 11 is 6.03. The minimum atomic E-state index is -0.0246. The van der Waals surface area contributed by atoms with E-state index in [0.717, 1.165) is 19.0 Å². The minimum absolute atomic E-state index is 0.0246. The number of amides is 1. The fourth-order valence-electron chi connectivity index (χ4n) is 2.42. The number of likely N-dealkylation sites (tertiary alicyclic amines) is 1. The number of carbonyl (C=O) groups is 1. The van der Waals surface area contributed by atoms with Crippen LogP contribution in [0.4, 0.5) is 11.4 Å². The Hall–Kier alpha value is -1.26. The molecule has 1 aromatic carbocycles. The summed E-state index contributed by atoms with van der Waals surface area (Å²) in [4.78, 5) is 14.1. The first kappa shape index (κ1) is 14.2. The predicted molar refractivity (Wildman–Crippen MR) is 79.3 cm³/mol. The number of hydrogen-bond acceptors (Lipinski definition) is 3. The van der Waals surface area contributed by atoms with Gasteiger partial charge in [0.2, 0.25) is 5.91 Å². The van der Waals surface area contributed by atoms with Gasteiger partial charge in [0.05, 0.1) is 17.3 Å². The summed E-state index contributed by atoms with van der Waals surface area (Å²) in [5, 5.41) is 3.30. The molecule has 1 heterocycles. The normalized spacial score (nSPS) is 19.6. The third-order valence-electron chi connectivity index (χ3n) is 3.58. The van der Waals surface area contributed by atoms with Crippen molar-refractivity contribution < 1.29 is 4.79 Å². The fraction of sp³-hybridized carbons (Fsp3) is 0.500. The molecule has 0 radical (unpaired) electrons. The molecule has 1 unspecified atom stereocenters. The Labute approximate surface area is 118 Å². The molecule has 0 saturated carbocycles. The van der Waals surface area contributed by atoms with E-state index in [4.69, 9.17) is 17.3 Å². The first-order valence-electron chi connectivity index (χ1n) is 6.65. The van der Waals surface area contributed by atoms with E-state index in [-0.39, 0.29) is 5.91 Å². The van der Waals surface area contributed by atoms with Crippen molar-refractivity contribution in [3.8, 4) is 0 Å². The van der Waals surface area contributed by atoms with Gasteiger partial charge in [0.15, 0.2) is 0 Å². The summed E-state index contributed by atoms with van der Waals surface area (Å²) in [6, 6.07) is 5.10. The van der Waals surface area contributed by atoms with Crippen molar-refractivity contribution in [3.63, 3.8) is 0 Å². The summed E-state index contributed by atoms with van der Waals surface area (Å²) in [7, 11) is 0. The topological polar surface area (TPSA) is 58.4 Å². The Morgan fingerprint density at radius 3 is 3.00 bits per heavy atom. The van der Waals surface area contributed by atoms with Crippen molar-refractivity contribution in [1.82, 2.24) is 4.90 Å². The molecule has 1 aliphatic heterocycles. The number of nitrogen functional groups attached to an aromatic ring is 1. The van der Waals surface area contributed by atoms with Gasteiger partial charge in [0.25, 0.3) is 0 Å². The van der Waals surface area contributed by atoms with E-state index in [0.29, 0.717) is 22.9 Å². The highest BCUT2D eigenvalue weighted by molar-refractivity contribution is 6.34. The molecule has 5 heteroatoms. The molecule has 4 nitrogen and oxygen atoms in total. The second-order valence-corrected chi connectivity index (χ2v) is 5.49. The third-order valence-corrected chi connectivity index (χ3v) is 3.89. The van der Waals surface area contributed by atoms with Crippen LogP contribution in [0.5, 0.6) is 0 Å². The lowest BCUT2D eigenvalue weighted by Crippen LogP contribution is -2.31. The Morgan fingerprint density at radius 1 is 1.58 bits per heavy atom. The number of halogens is 1. The highest BCUT2D eigenvalue weighted by Crippen LogP contribution is 2.24. The molecule has 1 aromatic rings. The Morgan fingerprint density at radius 2 is 2.37 bits per heavy atom. The van der Waals surface area contributed by atoms with E-state index in [1.165, 1.54) is 12.8 Å². The van der Waals surface area contributed by atoms with E-state index in [1.54, 1.807) is 18.2 Å². The van der Waals surface area contributed by atoms with Gasteiger partial charge in [-0.05, 0) is 37.1 Å². The maximum atomic E-state index is 12.0. The van der Waals surface area contributed by atoms with E-state index < -0.39 is 0 Å². The SMILES string of the molecule is CCC1CCN(CC(=O)Nc2ccc(N)cc2Cl)C1. The molecule has 104 valence electrons. The molecule has 1 atom stereocenters. The summed E-state index contributed by atoms with van der Waals surface area (Å²) in [6.07, 6.45) is 2.37. The Bertz CT molecular complexity index is 464. The standard InChI is InChI=1S/C14H20ClN3O/c1-2-10-5-6-18(8-10)9-14(19)17-13-4-3-11(16)7-12(13)15/h3-4,7,10H,2,5-6,8-9,16H2,1H3,(H,17,19).